The van der Waals surface area contributed by atoms with Crippen molar-refractivity contribution >= 4 is 32.3 Å². The van der Waals surface area contributed by atoms with E-state index in [0.29, 0.717) is 34.8 Å². The lowest BCUT2D eigenvalue weighted by atomic mass is 10.1. The van der Waals surface area contributed by atoms with Crippen LogP contribution >= 0.6 is 11.3 Å². The second kappa shape index (κ2) is 8.28. The van der Waals surface area contributed by atoms with Gasteiger partial charge in [0.25, 0.3) is 5.56 Å². The topological polar surface area (TPSA) is 80.8 Å². The lowest BCUT2D eigenvalue weighted by Crippen LogP contribution is -2.11. The summed E-state index contributed by atoms with van der Waals surface area (Å²) in [5, 5.41) is 3.63. The number of nitrogens with zero attached hydrogens (tertiary/aromatic N) is 3. The summed E-state index contributed by atoms with van der Waals surface area (Å²) in [6.07, 6.45) is 7.21. The molecule has 0 atom stereocenters. The summed E-state index contributed by atoms with van der Waals surface area (Å²) in [4.78, 5) is 28.9. The Hall–Kier alpha value is -3.58. The van der Waals surface area contributed by atoms with E-state index in [0.717, 1.165) is 28.5 Å². The van der Waals surface area contributed by atoms with Gasteiger partial charge in [0.1, 0.15) is 11.4 Å². The van der Waals surface area contributed by atoms with Crippen molar-refractivity contribution in [2.45, 2.75) is 19.8 Å². The summed E-state index contributed by atoms with van der Waals surface area (Å²) in [6, 6.07) is 11.7. The average Bonchev–Trinajstić information content (AvgIpc) is 3.26. The van der Waals surface area contributed by atoms with Gasteiger partial charge >= 0.3 is 0 Å². The molecule has 0 amide bonds. The molecule has 0 aliphatic heterocycles. The molecule has 31 heavy (non-hydrogen) atoms. The fourth-order valence-corrected chi connectivity index (χ4v) is 4.34. The highest BCUT2D eigenvalue weighted by atomic mass is 32.1. The molecule has 4 aromatic heterocycles. The zero-order valence-electron chi connectivity index (χ0n) is 17.0. The molecule has 0 radical (unpaired) electrons. The van der Waals surface area contributed by atoms with Gasteiger partial charge in [0.15, 0.2) is 5.82 Å². The normalized spacial score (nSPS) is 11.3. The Bertz CT molecular complexity index is 1430. The third-order valence-electron chi connectivity index (χ3n) is 5.18. The van der Waals surface area contributed by atoms with Crippen LogP contribution in [0.25, 0.3) is 32.5 Å². The van der Waals surface area contributed by atoms with Crippen LogP contribution in [0.15, 0.2) is 65.2 Å². The van der Waals surface area contributed by atoms with Crippen molar-refractivity contribution in [2.75, 3.05) is 6.61 Å². The maximum atomic E-state index is 12.8. The number of aryl methyl sites for hydroxylation is 2. The Balaban J connectivity index is 1.38. The van der Waals surface area contributed by atoms with E-state index in [9.17, 15) is 4.79 Å². The third-order valence-corrected chi connectivity index (χ3v) is 6.05. The Labute approximate surface area is 182 Å². The molecule has 0 bridgehead atoms. The molecular weight excluding hydrogens is 408 g/mol. The number of aromatic amines is 1. The lowest BCUT2D eigenvalue weighted by molar-refractivity contribution is 0.311. The zero-order valence-corrected chi connectivity index (χ0v) is 17.8. The number of ether oxygens (including phenoxy) is 1. The van der Waals surface area contributed by atoms with Gasteiger partial charge in [-0.2, -0.15) is 0 Å². The molecule has 0 aliphatic rings. The standard InChI is InChI=1S/C24H20N4O2S/c1-15-11-18(30-9-2-3-16-4-7-25-8-5-16)13-19-22(15)27-23(28-24(19)29)20-12-17-6-10-31-21(17)14-26-20/h4-8,10-14H,2-3,9H2,1H3,(H,27,28,29). The maximum Gasteiger partial charge on any atom is 0.259 e. The van der Waals surface area contributed by atoms with Crippen molar-refractivity contribution in [2.24, 2.45) is 0 Å². The lowest BCUT2D eigenvalue weighted by Gasteiger charge is -2.10. The Morgan fingerprint density at radius 3 is 2.87 bits per heavy atom. The number of nitrogens with one attached hydrogen (secondary N) is 1. The second-order valence-corrected chi connectivity index (χ2v) is 8.33. The van der Waals surface area contributed by atoms with Crippen molar-refractivity contribution < 1.29 is 4.74 Å². The van der Waals surface area contributed by atoms with E-state index >= 15 is 0 Å². The molecule has 1 aromatic carbocycles. The van der Waals surface area contributed by atoms with Gasteiger partial charge in [-0.05, 0) is 78.1 Å². The van der Waals surface area contributed by atoms with Crippen LogP contribution in [-0.2, 0) is 6.42 Å². The number of hydrogen-bond donors (Lipinski definition) is 1. The monoisotopic (exact) mass is 428 g/mol. The molecule has 0 saturated heterocycles. The minimum absolute atomic E-state index is 0.197. The van der Waals surface area contributed by atoms with Crippen LogP contribution in [0.4, 0.5) is 0 Å². The number of aromatic nitrogens is 4. The molecule has 6 nitrogen and oxygen atoms in total. The molecule has 7 heteroatoms. The van der Waals surface area contributed by atoms with Gasteiger partial charge in [0.2, 0.25) is 0 Å². The number of fused-ring (bicyclic) bond motifs is 2. The highest BCUT2D eigenvalue weighted by Gasteiger charge is 2.12. The zero-order chi connectivity index (χ0) is 21.2. The summed E-state index contributed by atoms with van der Waals surface area (Å²) in [7, 11) is 0. The summed E-state index contributed by atoms with van der Waals surface area (Å²) in [5.74, 6) is 1.15. The van der Waals surface area contributed by atoms with E-state index in [1.54, 1.807) is 29.8 Å². The van der Waals surface area contributed by atoms with Crippen LogP contribution in [0.2, 0.25) is 0 Å². The Morgan fingerprint density at radius 2 is 2.00 bits per heavy atom. The van der Waals surface area contributed by atoms with Gasteiger partial charge in [0, 0.05) is 18.6 Å². The molecule has 0 spiro atoms. The van der Waals surface area contributed by atoms with E-state index < -0.39 is 0 Å². The van der Waals surface area contributed by atoms with Gasteiger partial charge < -0.3 is 9.72 Å². The second-order valence-electron chi connectivity index (χ2n) is 7.39. The molecular formula is C24H20N4O2S. The van der Waals surface area contributed by atoms with E-state index in [4.69, 9.17) is 9.72 Å². The van der Waals surface area contributed by atoms with Crippen LogP contribution in [-0.4, -0.2) is 26.5 Å². The van der Waals surface area contributed by atoms with Crippen LogP contribution in [0.1, 0.15) is 17.5 Å². The Morgan fingerprint density at radius 1 is 1.13 bits per heavy atom. The minimum atomic E-state index is -0.197. The quantitative estimate of drug-likeness (QED) is 0.389. The van der Waals surface area contributed by atoms with E-state index in [1.807, 2.05) is 48.8 Å². The number of thiophene rings is 1. The van der Waals surface area contributed by atoms with E-state index in [1.165, 1.54) is 5.56 Å². The largest absolute Gasteiger partial charge is 0.494 e. The van der Waals surface area contributed by atoms with Gasteiger partial charge in [0.05, 0.1) is 22.2 Å². The molecule has 4 heterocycles. The van der Waals surface area contributed by atoms with Gasteiger partial charge in [-0.3, -0.25) is 14.8 Å². The smallest absolute Gasteiger partial charge is 0.259 e. The van der Waals surface area contributed by atoms with Crippen molar-refractivity contribution in [3.63, 3.8) is 0 Å². The van der Waals surface area contributed by atoms with E-state index in [2.05, 4.69) is 15.0 Å². The van der Waals surface area contributed by atoms with Crippen LogP contribution < -0.4 is 10.3 Å². The average molecular weight is 429 g/mol. The van der Waals surface area contributed by atoms with Crippen molar-refractivity contribution in [1.29, 1.82) is 0 Å². The number of benzene rings is 1. The molecule has 0 unspecified atom stereocenters. The van der Waals surface area contributed by atoms with Crippen LogP contribution in [0, 0.1) is 6.92 Å². The predicted molar refractivity (Wildman–Crippen MR) is 124 cm³/mol. The SMILES string of the molecule is Cc1cc(OCCCc2ccncc2)cc2c(=O)[nH]c(-c3cc4ccsc4cn3)nc12. The molecule has 154 valence electrons. The van der Waals surface area contributed by atoms with E-state index in [-0.39, 0.29) is 5.56 Å². The third kappa shape index (κ3) is 4.04. The van der Waals surface area contributed by atoms with Gasteiger partial charge in [-0.25, -0.2) is 4.98 Å². The maximum absolute atomic E-state index is 12.8. The van der Waals surface area contributed by atoms with Crippen molar-refractivity contribution in [3.8, 4) is 17.3 Å². The molecule has 0 fully saturated rings. The molecule has 0 saturated carbocycles. The molecule has 0 aliphatic carbocycles. The summed E-state index contributed by atoms with van der Waals surface area (Å²) >= 11 is 1.64. The fraction of sp³-hybridized carbons (Fsp3) is 0.167. The summed E-state index contributed by atoms with van der Waals surface area (Å²) in [6.45, 7) is 2.51. The van der Waals surface area contributed by atoms with Crippen molar-refractivity contribution in [1.82, 2.24) is 19.9 Å². The highest BCUT2D eigenvalue weighted by Crippen LogP contribution is 2.26. The predicted octanol–water partition coefficient (Wildman–Crippen LogP) is 4.91. The van der Waals surface area contributed by atoms with Gasteiger partial charge in [-0.15, -0.1) is 11.3 Å². The number of rotatable bonds is 6. The number of pyridine rings is 2. The molecule has 1 N–H and O–H groups in total. The first-order valence-corrected chi connectivity index (χ1v) is 11.0. The number of H-pyrrole nitrogens is 1. The first kappa shape index (κ1) is 19.4. The first-order chi connectivity index (χ1) is 15.2. The fourth-order valence-electron chi connectivity index (χ4n) is 3.60. The summed E-state index contributed by atoms with van der Waals surface area (Å²) < 4.78 is 7.02. The van der Waals surface area contributed by atoms with Crippen molar-refractivity contribution in [3.05, 3.63) is 81.8 Å². The van der Waals surface area contributed by atoms with Crippen LogP contribution in [0.3, 0.4) is 0 Å². The van der Waals surface area contributed by atoms with Crippen LogP contribution in [0.5, 0.6) is 5.75 Å². The highest BCUT2D eigenvalue weighted by molar-refractivity contribution is 7.17. The van der Waals surface area contributed by atoms with Gasteiger partial charge in [-0.1, -0.05) is 0 Å². The molecule has 5 aromatic rings. The minimum Gasteiger partial charge on any atom is -0.494 e. The Kier molecular flexibility index (Phi) is 5.18. The summed E-state index contributed by atoms with van der Waals surface area (Å²) in [5.41, 5.74) is 3.25. The number of hydrogen-bond acceptors (Lipinski definition) is 6. The first-order valence-electron chi connectivity index (χ1n) is 10.1. The molecule has 5 rings (SSSR count).